The predicted octanol–water partition coefficient (Wildman–Crippen LogP) is 4.80. The maximum Gasteiger partial charge on any atom is 0.270 e. The fraction of sp³-hybridized carbons (Fsp3) is 0.158. The van der Waals surface area contributed by atoms with Gasteiger partial charge in [0.15, 0.2) is 0 Å². The van der Waals surface area contributed by atoms with E-state index in [9.17, 15) is 19.8 Å². The Labute approximate surface area is 158 Å². The van der Waals surface area contributed by atoms with Gasteiger partial charge in [0, 0.05) is 28.2 Å². The lowest BCUT2D eigenvalue weighted by molar-refractivity contribution is -0.384. The second-order valence-electron chi connectivity index (χ2n) is 6.12. The Hall–Kier alpha value is -3.18. The van der Waals surface area contributed by atoms with Crippen LogP contribution in [0.3, 0.4) is 0 Å². The average molecular weight is 380 g/mol. The van der Waals surface area contributed by atoms with Gasteiger partial charge < -0.3 is 5.32 Å². The van der Waals surface area contributed by atoms with Gasteiger partial charge in [-0.2, -0.15) is 5.26 Å². The third-order valence-corrected chi connectivity index (χ3v) is 5.63. The minimum absolute atomic E-state index is 0.0878. The first-order chi connectivity index (χ1) is 13.1. The summed E-state index contributed by atoms with van der Waals surface area (Å²) in [4.78, 5) is 15.6. The van der Waals surface area contributed by atoms with Gasteiger partial charge in [0.05, 0.1) is 28.1 Å². The van der Waals surface area contributed by atoms with E-state index in [0.29, 0.717) is 27.2 Å². The lowest BCUT2D eigenvalue weighted by atomic mass is 10.0. The van der Waals surface area contributed by atoms with E-state index in [4.69, 9.17) is 0 Å². The third kappa shape index (κ3) is 3.17. The molecule has 0 spiro atoms. The number of hydrogen-bond acceptors (Lipinski definition) is 6. The third-order valence-electron chi connectivity index (χ3n) is 4.47. The van der Waals surface area contributed by atoms with Gasteiger partial charge >= 0.3 is 0 Å². The van der Waals surface area contributed by atoms with Crippen molar-refractivity contribution in [3.63, 3.8) is 0 Å². The number of fused-ring (bicyclic) bond motifs is 2. The van der Waals surface area contributed by atoms with E-state index in [2.05, 4.69) is 16.4 Å². The molecule has 3 aromatic rings. The summed E-state index contributed by atoms with van der Waals surface area (Å²) in [5.41, 5.74) is 1.58. The van der Waals surface area contributed by atoms with Crippen LogP contribution in [-0.2, 0) is 0 Å². The second-order valence-corrected chi connectivity index (χ2v) is 7.22. The molecule has 0 aliphatic carbocycles. The average Bonchev–Trinajstić information content (AvgIpc) is 2.67. The molecule has 2 heterocycles. The molecule has 1 N–H and O–H groups in total. The first-order valence-corrected chi connectivity index (χ1v) is 9.22. The Bertz CT molecular complexity index is 1110. The van der Waals surface area contributed by atoms with Crippen LogP contribution >= 0.6 is 11.8 Å². The summed E-state index contributed by atoms with van der Waals surface area (Å²) in [6, 6.07) is 12.8. The molecule has 6 nitrogen and oxygen atoms in total. The molecule has 0 bridgehead atoms. The van der Waals surface area contributed by atoms with Gasteiger partial charge in [0.1, 0.15) is 11.6 Å². The number of nitrogens with one attached hydrogen (secondary N) is 1. The van der Waals surface area contributed by atoms with Gasteiger partial charge in [-0.1, -0.05) is 12.1 Å². The largest absolute Gasteiger partial charge is 0.363 e. The van der Waals surface area contributed by atoms with Gasteiger partial charge in [0.2, 0.25) is 0 Å². The monoisotopic (exact) mass is 380 g/mol. The van der Waals surface area contributed by atoms with Crippen LogP contribution in [0.15, 0.2) is 47.4 Å². The maximum absolute atomic E-state index is 14.1. The van der Waals surface area contributed by atoms with Gasteiger partial charge in [-0.05, 0) is 30.2 Å². The molecule has 0 amide bonds. The molecule has 0 saturated heterocycles. The van der Waals surface area contributed by atoms with Crippen molar-refractivity contribution in [1.29, 1.82) is 5.26 Å². The number of nitriles is 1. The van der Waals surface area contributed by atoms with Gasteiger partial charge in [0.25, 0.3) is 5.69 Å². The maximum atomic E-state index is 14.1. The van der Waals surface area contributed by atoms with Gasteiger partial charge in [-0.15, -0.1) is 11.8 Å². The molecule has 0 fully saturated rings. The molecule has 1 aliphatic rings. The summed E-state index contributed by atoms with van der Waals surface area (Å²) >= 11 is 1.49. The predicted molar refractivity (Wildman–Crippen MR) is 101 cm³/mol. The number of anilines is 1. The number of hydrogen-bond donors (Lipinski definition) is 1. The number of rotatable bonds is 3. The lowest BCUT2D eigenvalue weighted by Crippen LogP contribution is -2.17. The van der Waals surface area contributed by atoms with E-state index in [1.54, 1.807) is 12.1 Å². The van der Waals surface area contributed by atoms with Crippen molar-refractivity contribution >= 4 is 34.2 Å². The van der Waals surface area contributed by atoms with Crippen molar-refractivity contribution in [2.75, 3.05) is 11.1 Å². The van der Waals surface area contributed by atoms with Crippen LogP contribution in [0, 0.1) is 27.3 Å². The highest BCUT2D eigenvalue weighted by Gasteiger charge is 2.23. The summed E-state index contributed by atoms with van der Waals surface area (Å²) in [6.45, 7) is 0. The number of pyridine rings is 1. The number of benzene rings is 2. The van der Waals surface area contributed by atoms with Gasteiger partial charge in [-0.25, -0.2) is 9.37 Å². The first kappa shape index (κ1) is 17.2. The minimum Gasteiger partial charge on any atom is -0.363 e. The highest BCUT2D eigenvalue weighted by Crippen LogP contribution is 2.39. The summed E-state index contributed by atoms with van der Waals surface area (Å²) < 4.78 is 14.1. The van der Waals surface area contributed by atoms with Crippen LogP contribution in [0.1, 0.15) is 23.6 Å². The molecule has 0 saturated carbocycles. The standard InChI is InChI=1S/C19H13FN4O2S/c20-15-3-1-2-13-17(6-7-27-19(13)15)23-18-8-11(10-21)14-9-12(24(25)26)4-5-16(14)22-18/h1-5,8-9,17H,6-7H2,(H,22,23). The van der Waals surface area contributed by atoms with E-state index >= 15 is 0 Å². The number of halogens is 1. The Morgan fingerprint density at radius 2 is 2.19 bits per heavy atom. The molecule has 1 unspecified atom stereocenters. The Morgan fingerprint density at radius 1 is 1.33 bits per heavy atom. The number of nitro groups is 1. The van der Waals surface area contributed by atoms with Crippen molar-refractivity contribution in [2.24, 2.45) is 0 Å². The van der Waals surface area contributed by atoms with E-state index in [1.807, 2.05) is 6.07 Å². The van der Waals surface area contributed by atoms with E-state index in [-0.39, 0.29) is 17.5 Å². The Kier molecular flexibility index (Phi) is 4.38. The quantitative estimate of drug-likeness (QED) is 0.518. The fourth-order valence-corrected chi connectivity index (χ4v) is 4.35. The van der Waals surface area contributed by atoms with E-state index in [0.717, 1.165) is 17.7 Å². The van der Waals surface area contributed by atoms with E-state index < -0.39 is 4.92 Å². The van der Waals surface area contributed by atoms with Crippen LogP contribution in [0.5, 0.6) is 0 Å². The second kappa shape index (κ2) is 6.85. The Balaban J connectivity index is 1.74. The topological polar surface area (TPSA) is 91.8 Å². The smallest absolute Gasteiger partial charge is 0.270 e. The molecular weight excluding hydrogens is 367 g/mol. The number of nitrogens with zero attached hydrogens (tertiary/aromatic N) is 3. The molecule has 8 heteroatoms. The molecule has 1 aliphatic heterocycles. The zero-order chi connectivity index (χ0) is 19.0. The first-order valence-electron chi connectivity index (χ1n) is 8.24. The molecule has 0 radical (unpaired) electrons. The van der Waals surface area contributed by atoms with Gasteiger partial charge in [-0.3, -0.25) is 10.1 Å². The molecule has 4 rings (SSSR count). The molecule has 1 atom stereocenters. The van der Waals surface area contributed by atoms with Crippen LogP contribution in [-0.4, -0.2) is 15.7 Å². The van der Waals surface area contributed by atoms with Crippen LogP contribution in [0.25, 0.3) is 10.9 Å². The zero-order valence-electron chi connectivity index (χ0n) is 14.0. The number of thioether (sulfide) groups is 1. The zero-order valence-corrected chi connectivity index (χ0v) is 14.8. The molecule has 1 aromatic heterocycles. The van der Waals surface area contributed by atoms with Crippen LogP contribution in [0.2, 0.25) is 0 Å². The highest BCUT2D eigenvalue weighted by molar-refractivity contribution is 7.99. The van der Waals surface area contributed by atoms with Crippen LogP contribution < -0.4 is 5.32 Å². The Morgan fingerprint density at radius 3 is 2.96 bits per heavy atom. The van der Waals surface area contributed by atoms with Crippen molar-refractivity contribution in [2.45, 2.75) is 17.4 Å². The molecule has 134 valence electrons. The summed E-state index contributed by atoms with van der Waals surface area (Å²) in [5, 5.41) is 24.2. The minimum atomic E-state index is -0.502. The molecule has 27 heavy (non-hydrogen) atoms. The number of aromatic nitrogens is 1. The lowest BCUT2D eigenvalue weighted by Gasteiger charge is -2.26. The van der Waals surface area contributed by atoms with Crippen molar-refractivity contribution in [1.82, 2.24) is 4.98 Å². The van der Waals surface area contributed by atoms with E-state index in [1.165, 1.54) is 36.0 Å². The van der Waals surface area contributed by atoms with Crippen molar-refractivity contribution in [3.8, 4) is 6.07 Å². The fourth-order valence-electron chi connectivity index (χ4n) is 3.21. The highest BCUT2D eigenvalue weighted by atomic mass is 32.2. The molecule has 2 aromatic carbocycles. The number of nitro benzene ring substituents is 1. The molecular formula is C19H13FN4O2S. The van der Waals surface area contributed by atoms with Crippen LogP contribution in [0.4, 0.5) is 15.9 Å². The number of non-ortho nitro benzene ring substituents is 1. The van der Waals surface area contributed by atoms with Crippen molar-refractivity contribution in [3.05, 3.63) is 69.5 Å². The normalized spacial score (nSPS) is 15.8. The SMILES string of the molecule is N#Cc1cc(NC2CCSc3c(F)cccc32)nc2ccc([N+](=O)[O-])cc12. The summed E-state index contributed by atoms with van der Waals surface area (Å²) in [6.07, 6.45) is 0.795. The summed E-state index contributed by atoms with van der Waals surface area (Å²) in [7, 11) is 0. The summed E-state index contributed by atoms with van der Waals surface area (Å²) in [5.74, 6) is 1.02. The van der Waals surface area contributed by atoms with Crippen molar-refractivity contribution < 1.29 is 9.31 Å².